The van der Waals surface area contributed by atoms with Crippen molar-refractivity contribution in [1.82, 2.24) is 0 Å². The van der Waals surface area contributed by atoms with Crippen molar-refractivity contribution < 1.29 is 4.74 Å². The molecule has 0 saturated heterocycles. The highest BCUT2D eigenvalue weighted by Gasteiger charge is 2.26. The van der Waals surface area contributed by atoms with Gasteiger partial charge in [0.2, 0.25) is 0 Å². The first-order chi connectivity index (χ1) is 9.67. The number of ether oxygens (including phenoxy) is 1. The second-order valence-corrected chi connectivity index (χ2v) is 6.15. The average Bonchev–Trinajstić information content (AvgIpc) is 2.46. The van der Waals surface area contributed by atoms with E-state index >= 15 is 0 Å². The molecule has 0 bridgehead atoms. The molecule has 0 spiro atoms. The zero-order valence-electron chi connectivity index (χ0n) is 13.2. The van der Waals surface area contributed by atoms with Gasteiger partial charge in [-0.15, -0.1) is 0 Å². The second-order valence-electron chi connectivity index (χ2n) is 6.15. The standard InChI is InChI=1S/C18H29NO/c1-4-20-18-11-14(3)13(2)10-16(18)17(12-19)15-8-6-5-7-9-15/h10-11,15,17H,4-9,12,19H2,1-3H3. The summed E-state index contributed by atoms with van der Waals surface area (Å²) in [7, 11) is 0. The van der Waals surface area contributed by atoms with Gasteiger partial charge in [0.1, 0.15) is 5.75 Å². The zero-order valence-corrected chi connectivity index (χ0v) is 13.2. The Morgan fingerprint density at radius 2 is 1.80 bits per heavy atom. The maximum Gasteiger partial charge on any atom is 0.123 e. The predicted octanol–water partition coefficient (Wildman–Crippen LogP) is 4.32. The molecule has 1 unspecified atom stereocenters. The maximum atomic E-state index is 6.13. The van der Waals surface area contributed by atoms with Crippen molar-refractivity contribution in [3.05, 3.63) is 28.8 Å². The Balaban J connectivity index is 2.33. The molecule has 1 atom stereocenters. The highest BCUT2D eigenvalue weighted by molar-refractivity contribution is 5.44. The van der Waals surface area contributed by atoms with Crippen molar-refractivity contribution in [2.75, 3.05) is 13.2 Å². The van der Waals surface area contributed by atoms with Crippen LogP contribution < -0.4 is 10.5 Å². The number of nitrogens with two attached hydrogens (primary N) is 1. The molecule has 0 heterocycles. The summed E-state index contributed by atoms with van der Waals surface area (Å²) in [6, 6.07) is 4.51. The molecule has 2 N–H and O–H groups in total. The SMILES string of the molecule is CCOc1cc(C)c(C)cc1C(CN)C1CCCCC1. The monoisotopic (exact) mass is 275 g/mol. The van der Waals surface area contributed by atoms with Crippen molar-refractivity contribution in [2.45, 2.75) is 58.8 Å². The fraction of sp³-hybridized carbons (Fsp3) is 0.667. The van der Waals surface area contributed by atoms with E-state index in [0.717, 1.165) is 24.8 Å². The van der Waals surface area contributed by atoms with E-state index in [9.17, 15) is 0 Å². The first-order valence-corrected chi connectivity index (χ1v) is 8.11. The van der Waals surface area contributed by atoms with Crippen LogP contribution >= 0.6 is 0 Å². The van der Waals surface area contributed by atoms with E-state index in [0.29, 0.717) is 5.92 Å². The minimum absolute atomic E-state index is 0.455. The molecule has 20 heavy (non-hydrogen) atoms. The molecule has 1 aromatic carbocycles. The number of hydrogen-bond acceptors (Lipinski definition) is 2. The van der Waals surface area contributed by atoms with Gasteiger partial charge in [-0.3, -0.25) is 0 Å². The van der Waals surface area contributed by atoms with Gasteiger partial charge in [0.05, 0.1) is 6.61 Å². The average molecular weight is 275 g/mol. The summed E-state index contributed by atoms with van der Waals surface area (Å²) in [5.74, 6) is 2.24. The Bertz CT molecular complexity index is 435. The van der Waals surface area contributed by atoms with Crippen LogP contribution in [0.25, 0.3) is 0 Å². The fourth-order valence-electron chi connectivity index (χ4n) is 3.49. The lowest BCUT2D eigenvalue weighted by Crippen LogP contribution is -2.24. The van der Waals surface area contributed by atoms with Crippen LogP contribution in [0.4, 0.5) is 0 Å². The van der Waals surface area contributed by atoms with Crippen LogP contribution in [0.2, 0.25) is 0 Å². The first kappa shape index (κ1) is 15.4. The Morgan fingerprint density at radius 1 is 1.15 bits per heavy atom. The quantitative estimate of drug-likeness (QED) is 0.868. The van der Waals surface area contributed by atoms with Crippen molar-refractivity contribution >= 4 is 0 Å². The molecule has 1 aromatic rings. The van der Waals surface area contributed by atoms with Gasteiger partial charge < -0.3 is 10.5 Å². The molecule has 1 aliphatic carbocycles. The topological polar surface area (TPSA) is 35.2 Å². The third-order valence-corrected chi connectivity index (χ3v) is 4.80. The van der Waals surface area contributed by atoms with Crippen LogP contribution in [0.15, 0.2) is 12.1 Å². The van der Waals surface area contributed by atoms with Crippen LogP contribution in [-0.4, -0.2) is 13.2 Å². The van der Waals surface area contributed by atoms with Crippen LogP contribution in [-0.2, 0) is 0 Å². The molecule has 0 aromatic heterocycles. The van der Waals surface area contributed by atoms with E-state index in [-0.39, 0.29) is 0 Å². The van der Waals surface area contributed by atoms with Crippen molar-refractivity contribution in [2.24, 2.45) is 11.7 Å². The number of hydrogen-bond donors (Lipinski definition) is 1. The number of rotatable bonds is 5. The summed E-state index contributed by atoms with van der Waals surface area (Å²) in [5, 5.41) is 0. The van der Waals surface area contributed by atoms with Gasteiger partial charge in [0.15, 0.2) is 0 Å². The maximum absolute atomic E-state index is 6.13. The van der Waals surface area contributed by atoms with Crippen LogP contribution in [0, 0.1) is 19.8 Å². The zero-order chi connectivity index (χ0) is 14.5. The fourth-order valence-corrected chi connectivity index (χ4v) is 3.49. The largest absolute Gasteiger partial charge is 0.494 e. The molecule has 1 aliphatic rings. The van der Waals surface area contributed by atoms with Gasteiger partial charge in [0, 0.05) is 5.92 Å². The lowest BCUT2D eigenvalue weighted by atomic mass is 9.76. The summed E-state index contributed by atoms with van der Waals surface area (Å²) in [6.45, 7) is 7.84. The lowest BCUT2D eigenvalue weighted by molar-refractivity contribution is 0.291. The van der Waals surface area contributed by atoms with Crippen LogP contribution in [0.3, 0.4) is 0 Å². The summed E-state index contributed by atoms with van der Waals surface area (Å²) in [6.07, 6.45) is 6.74. The second kappa shape index (κ2) is 7.12. The molecule has 2 heteroatoms. The summed E-state index contributed by atoms with van der Waals surface area (Å²) < 4.78 is 5.89. The molecule has 1 fully saturated rings. The van der Waals surface area contributed by atoms with Crippen molar-refractivity contribution in [1.29, 1.82) is 0 Å². The van der Waals surface area contributed by atoms with Gasteiger partial charge >= 0.3 is 0 Å². The van der Waals surface area contributed by atoms with E-state index in [1.807, 2.05) is 0 Å². The van der Waals surface area contributed by atoms with E-state index in [1.54, 1.807) is 0 Å². The normalized spacial score (nSPS) is 18.0. The van der Waals surface area contributed by atoms with Crippen molar-refractivity contribution in [3.8, 4) is 5.75 Å². The number of benzene rings is 1. The van der Waals surface area contributed by atoms with Gasteiger partial charge in [-0.25, -0.2) is 0 Å². The lowest BCUT2D eigenvalue weighted by Gasteiger charge is -2.31. The number of aryl methyl sites for hydroxylation is 2. The molecular formula is C18H29NO. The third kappa shape index (κ3) is 3.35. The molecule has 2 rings (SSSR count). The Hall–Kier alpha value is -1.02. The molecule has 0 amide bonds. The van der Waals surface area contributed by atoms with E-state index in [2.05, 4.69) is 32.9 Å². The third-order valence-electron chi connectivity index (χ3n) is 4.80. The van der Waals surface area contributed by atoms with Gasteiger partial charge in [-0.05, 0) is 68.8 Å². The van der Waals surface area contributed by atoms with Crippen LogP contribution in [0.5, 0.6) is 5.75 Å². The Morgan fingerprint density at radius 3 is 2.40 bits per heavy atom. The highest BCUT2D eigenvalue weighted by atomic mass is 16.5. The van der Waals surface area contributed by atoms with Crippen molar-refractivity contribution in [3.63, 3.8) is 0 Å². The summed E-state index contributed by atoms with van der Waals surface area (Å²) >= 11 is 0. The summed E-state index contributed by atoms with van der Waals surface area (Å²) in [5.41, 5.74) is 10.1. The molecule has 2 nitrogen and oxygen atoms in total. The van der Waals surface area contributed by atoms with Crippen LogP contribution in [0.1, 0.15) is 61.6 Å². The minimum atomic E-state index is 0.455. The first-order valence-electron chi connectivity index (χ1n) is 8.11. The summed E-state index contributed by atoms with van der Waals surface area (Å²) in [4.78, 5) is 0. The van der Waals surface area contributed by atoms with Gasteiger partial charge in [-0.2, -0.15) is 0 Å². The molecule has 0 aliphatic heterocycles. The molecule has 112 valence electrons. The van der Waals surface area contributed by atoms with E-state index in [1.165, 1.54) is 48.8 Å². The van der Waals surface area contributed by atoms with E-state index < -0.39 is 0 Å². The Kier molecular flexibility index (Phi) is 5.47. The van der Waals surface area contributed by atoms with E-state index in [4.69, 9.17) is 10.5 Å². The van der Waals surface area contributed by atoms with Gasteiger partial charge in [0.25, 0.3) is 0 Å². The Labute approximate surface area is 123 Å². The molecule has 1 saturated carbocycles. The van der Waals surface area contributed by atoms with Gasteiger partial charge in [-0.1, -0.05) is 25.3 Å². The highest BCUT2D eigenvalue weighted by Crippen LogP contribution is 2.40. The smallest absolute Gasteiger partial charge is 0.123 e. The predicted molar refractivity (Wildman–Crippen MR) is 85.5 cm³/mol. The minimum Gasteiger partial charge on any atom is -0.494 e. The molecular weight excluding hydrogens is 246 g/mol. The molecule has 0 radical (unpaired) electrons.